The highest BCUT2D eigenvalue weighted by molar-refractivity contribution is 6.39. The number of hydrogen-bond donors (Lipinski definition) is 0. The van der Waals surface area contributed by atoms with Gasteiger partial charge in [-0.15, -0.1) is 0 Å². The lowest BCUT2D eigenvalue weighted by Gasteiger charge is -2.26. The minimum absolute atomic E-state index is 0.381. The second-order valence-electron chi connectivity index (χ2n) is 4.48. The number of carbonyl (C=O) groups is 2. The number of nitrogens with zero attached hydrogens (tertiary/aromatic N) is 1. The Labute approximate surface area is 100.0 Å². The van der Waals surface area contributed by atoms with Crippen molar-refractivity contribution in [2.75, 3.05) is 6.54 Å². The van der Waals surface area contributed by atoms with Gasteiger partial charge in [0.1, 0.15) is 5.83 Å². The Kier molecular flexibility index (Phi) is 3.41. The molecule has 92 valence electrons. The predicted octanol–water partition coefficient (Wildman–Crippen LogP) is 2.00. The SMILES string of the molecule is CCCCCN1C(=O)C(=O)C2C=CC=C(F)C21. The molecule has 1 aliphatic heterocycles. The normalized spacial score (nSPS) is 27.4. The number of allylic oxidation sites excluding steroid dienone is 2. The van der Waals surface area contributed by atoms with E-state index in [2.05, 4.69) is 6.92 Å². The molecule has 1 saturated heterocycles. The average molecular weight is 237 g/mol. The molecular formula is C13H16FNO2. The molecule has 2 aliphatic rings. The molecule has 3 nitrogen and oxygen atoms in total. The number of likely N-dealkylation sites (tertiary alicyclic amines) is 1. The van der Waals surface area contributed by atoms with Crippen LogP contribution >= 0.6 is 0 Å². The zero-order valence-corrected chi connectivity index (χ0v) is 9.86. The Morgan fingerprint density at radius 2 is 2.12 bits per heavy atom. The topological polar surface area (TPSA) is 37.4 Å². The van der Waals surface area contributed by atoms with E-state index in [1.54, 1.807) is 6.08 Å². The molecule has 1 heterocycles. The van der Waals surface area contributed by atoms with Crippen molar-refractivity contribution in [2.45, 2.75) is 32.2 Å². The summed E-state index contributed by atoms with van der Waals surface area (Å²) in [6.45, 7) is 2.53. The molecule has 0 bridgehead atoms. The van der Waals surface area contributed by atoms with Gasteiger partial charge in [-0.3, -0.25) is 9.59 Å². The second-order valence-corrected chi connectivity index (χ2v) is 4.48. The van der Waals surface area contributed by atoms with Crippen LogP contribution in [-0.4, -0.2) is 29.2 Å². The minimum Gasteiger partial charge on any atom is -0.326 e. The van der Waals surface area contributed by atoms with Crippen molar-refractivity contribution in [2.24, 2.45) is 5.92 Å². The highest BCUT2D eigenvalue weighted by Crippen LogP contribution is 2.32. The fourth-order valence-electron chi connectivity index (χ4n) is 2.40. The quantitative estimate of drug-likeness (QED) is 0.554. The third-order valence-corrected chi connectivity index (χ3v) is 3.31. The third kappa shape index (κ3) is 2.04. The van der Waals surface area contributed by atoms with Gasteiger partial charge in [0.05, 0.1) is 12.0 Å². The van der Waals surface area contributed by atoms with Gasteiger partial charge in [0.15, 0.2) is 0 Å². The fraction of sp³-hybridized carbons (Fsp3) is 0.538. The van der Waals surface area contributed by atoms with Gasteiger partial charge in [-0.25, -0.2) is 4.39 Å². The number of ketones is 1. The monoisotopic (exact) mass is 237 g/mol. The summed E-state index contributed by atoms with van der Waals surface area (Å²) < 4.78 is 13.7. The van der Waals surface area contributed by atoms with Crippen LogP contribution in [0.5, 0.6) is 0 Å². The van der Waals surface area contributed by atoms with Crippen molar-refractivity contribution in [3.05, 3.63) is 24.1 Å². The molecule has 1 amide bonds. The number of carbonyl (C=O) groups excluding carboxylic acids is 2. The van der Waals surface area contributed by atoms with Crippen molar-refractivity contribution in [3.63, 3.8) is 0 Å². The van der Waals surface area contributed by atoms with Crippen molar-refractivity contribution in [3.8, 4) is 0 Å². The molecule has 0 N–H and O–H groups in total. The van der Waals surface area contributed by atoms with Crippen LogP contribution < -0.4 is 0 Å². The Morgan fingerprint density at radius 3 is 2.82 bits per heavy atom. The van der Waals surface area contributed by atoms with Crippen molar-refractivity contribution in [1.82, 2.24) is 4.90 Å². The van der Waals surface area contributed by atoms with Gasteiger partial charge in [-0.05, 0) is 12.5 Å². The lowest BCUT2D eigenvalue weighted by Crippen LogP contribution is -2.37. The van der Waals surface area contributed by atoms with E-state index in [0.717, 1.165) is 19.3 Å². The van der Waals surface area contributed by atoms with Gasteiger partial charge >= 0.3 is 0 Å². The van der Waals surface area contributed by atoms with Crippen molar-refractivity contribution >= 4 is 11.7 Å². The Balaban J connectivity index is 2.15. The molecule has 2 rings (SSSR count). The van der Waals surface area contributed by atoms with Gasteiger partial charge in [0.2, 0.25) is 5.78 Å². The summed E-state index contributed by atoms with van der Waals surface area (Å²) in [5, 5.41) is 0. The van der Waals surface area contributed by atoms with E-state index in [0.29, 0.717) is 6.54 Å². The summed E-state index contributed by atoms with van der Waals surface area (Å²) >= 11 is 0. The van der Waals surface area contributed by atoms with Crippen molar-refractivity contribution < 1.29 is 14.0 Å². The van der Waals surface area contributed by atoms with E-state index in [-0.39, 0.29) is 5.83 Å². The zero-order chi connectivity index (χ0) is 12.4. The first kappa shape index (κ1) is 12.0. The van der Waals surface area contributed by atoms with Crippen LogP contribution in [0.1, 0.15) is 26.2 Å². The van der Waals surface area contributed by atoms with Crippen molar-refractivity contribution in [1.29, 1.82) is 0 Å². The van der Waals surface area contributed by atoms with Crippen LogP contribution in [0.4, 0.5) is 4.39 Å². The van der Waals surface area contributed by atoms with E-state index in [1.807, 2.05) is 0 Å². The van der Waals surface area contributed by atoms with E-state index >= 15 is 0 Å². The number of fused-ring (bicyclic) bond motifs is 1. The summed E-state index contributed by atoms with van der Waals surface area (Å²) in [7, 11) is 0. The summed E-state index contributed by atoms with van der Waals surface area (Å²) in [6.07, 6.45) is 7.29. The Bertz CT molecular complexity index is 400. The van der Waals surface area contributed by atoms with Crippen LogP contribution in [0.15, 0.2) is 24.1 Å². The summed E-state index contributed by atoms with van der Waals surface area (Å²) in [5.41, 5.74) is 0. The van der Waals surface area contributed by atoms with E-state index in [4.69, 9.17) is 0 Å². The number of unbranched alkanes of at least 4 members (excludes halogenated alkanes) is 2. The summed E-state index contributed by atoms with van der Waals surface area (Å²) in [4.78, 5) is 24.8. The first-order valence-corrected chi connectivity index (χ1v) is 6.05. The molecule has 2 atom stereocenters. The van der Waals surface area contributed by atoms with Gasteiger partial charge in [-0.1, -0.05) is 31.9 Å². The molecule has 0 radical (unpaired) electrons. The first-order valence-electron chi connectivity index (χ1n) is 6.05. The molecule has 1 fully saturated rings. The van der Waals surface area contributed by atoms with Gasteiger partial charge in [0, 0.05) is 6.54 Å². The second kappa shape index (κ2) is 4.82. The molecule has 0 aromatic heterocycles. The van der Waals surface area contributed by atoms with Crippen LogP contribution in [0, 0.1) is 5.92 Å². The first-order chi connectivity index (χ1) is 8.16. The van der Waals surface area contributed by atoms with E-state index in [9.17, 15) is 14.0 Å². The van der Waals surface area contributed by atoms with Gasteiger partial charge in [-0.2, -0.15) is 0 Å². The fourth-order valence-corrected chi connectivity index (χ4v) is 2.40. The van der Waals surface area contributed by atoms with Crippen LogP contribution in [0.2, 0.25) is 0 Å². The van der Waals surface area contributed by atoms with E-state index in [1.165, 1.54) is 17.1 Å². The van der Waals surface area contributed by atoms with Gasteiger partial charge in [0.25, 0.3) is 5.91 Å². The number of hydrogen-bond acceptors (Lipinski definition) is 2. The lowest BCUT2D eigenvalue weighted by atomic mass is 9.94. The molecule has 2 unspecified atom stereocenters. The maximum Gasteiger partial charge on any atom is 0.291 e. The smallest absolute Gasteiger partial charge is 0.291 e. The largest absolute Gasteiger partial charge is 0.326 e. The van der Waals surface area contributed by atoms with E-state index < -0.39 is 23.7 Å². The Hall–Kier alpha value is -1.45. The molecular weight excluding hydrogens is 221 g/mol. The summed E-state index contributed by atoms with van der Waals surface area (Å²) in [6, 6.07) is -0.683. The van der Waals surface area contributed by atoms with Crippen LogP contribution in [-0.2, 0) is 9.59 Å². The Morgan fingerprint density at radius 1 is 1.35 bits per heavy atom. The number of halogens is 1. The van der Waals surface area contributed by atoms with Crippen LogP contribution in [0.3, 0.4) is 0 Å². The predicted molar refractivity (Wildman–Crippen MR) is 61.9 cm³/mol. The standard InChI is InChI=1S/C13H16FNO2/c1-2-3-4-8-15-11-9(12(16)13(15)17)6-5-7-10(11)14/h5-7,9,11H,2-4,8H2,1H3. The highest BCUT2D eigenvalue weighted by atomic mass is 19.1. The lowest BCUT2D eigenvalue weighted by molar-refractivity contribution is -0.140. The third-order valence-electron chi connectivity index (χ3n) is 3.31. The number of amides is 1. The zero-order valence-electron chi connectivity index (χ0n) is 9.86. The molecule has 0 aromatic carbocycles. The van der Waals surface area contributed by atoms with Crippen LogP contribution in [0.25, 0.3) is 0 Å². The summed E-state index contributed by atoms with van der Waals surface area (Å²) in [5.74, 6) is -2.01. The maximum absolute atomic E-state index is 13.7. The number of rotatable bonds is 4. The molecule has 4 heteroatoms. The highest BCUT2D eigenvalue weighted by Gasteiger charge is 2.48. The van der Waals surface area contributed by atoms with Gasteiger partial charge < -0.3 is 4.90 Å². The molecule has 0 aromatic rings. The average Bonchev–Trinajstić information content (AvgIpc) is 2.56. The molecule has 0 saturated carbocycles. The minimum atomic E-state index is -0.683. The molecule has 1 aliphatic carbocycles. The maximum atomic E-state index is 13.7. The number of Topliss-reactive ketones (excluding diaryl/α,β-unsaturated/α-hetero) is 1. The molecule has 17 heavy (non-hydrogen) atoms. The molecule has 0 spiro atoms.